The van der Waals surface area contributed by atoms with E-state index in [-0.39, 0.29) is 13.2 Å². The average Bonchev–Trinajstić information content (AvgIpc) is 2.98. The molecule has 0 bridgehead atoms. The summed E-state index contributed by atoms with van der Waals surface area (Å²) in [5.41, 5.74) is 0.692. The summed E-state index contributed by atoms with van der Waals surface area (Å²) in [6.45, 7) is 5.49. The Labute approximate surface area is 169 Å². The van der Waals surface area contributed by atoms with Crippen molar-refractivity contribution in [3.8, 4) is 0 Å². The molecule has 0 saturated heterocycles. The second-order valence-corrected chi connectivity index (χ2v) is 7.14. The van der Waals surface area contributed by atoms with Crippen LogP contribution in [0, 0.1) is 17.8 Å². The minimum Gasteiger partial charge on any atom is -0.466 e. The van der Waals surface area contributed by atoms with E-state index in [9.17, 15) is 19.2 Å². The van der Waals surface area contributed by atoms with Gasteiger partial charge in [-0.25, -0.2) is 0 Å². The summed E-state index contributed by atoms with van der Waals surface area (Å²) >= 11 is 0. The zero-order valence-corrected chi connectivity index (χ0v) is 16.8. The zero-order valence-electron chi connectivity index (χ0n) is 16.8. The molecular weight excluding hydrogens is 374 g/mol. The highest BCUT2D eigenvalue weighted by molar-refractivity contribution is 6.21. The number of carbonyl (C=O) groups excluding carboxylic acids is 4. The fourth-order valence-electron chi connectivity index (χ4n) is 4.18. The van der Waals surface area contributed by atoms with Crippen molar-refractivity contribution in [2.75, 3.05) is 13.2 Å². The smallest absolute Gasteiger partial charge is 0.310 e. The monoisotopic (exact) mass is 399 g/mol. The van der Waals surface area contributed by atoms with Crippen molar-refractivity contribution in [1.29, 1.82) is 0 Å². The van der Waals surface area contributed by atoms with Gasteiger partial charge in [-0.1, -0.05) is 24.3 Å². The van der Waals surface area contributed by atoms with Crippen LogP contribution in [0.15, 0.2) is 36.4 Å². The lowest BCUT2D eigenvalue weighted by Gasteiger charge is -2.37. The predicted molar refractivity (Wildman–Crippen MR) is 104 cm³/mol. The first-order valence-electron chi connectivity index (χ1n) is 9.89. The molecule has 0 aromatic heterocycles. The van der Waals surface area contributed by atoms with Gasteiger partial charge in [0, 0.05) is 12.0 Å². The van der Waals surface area contributed by atoms with Gasteiger partial charge in [-0.2, -0.15) is 0 Å². The normalized spacial score (nSPS) is 24.2. The molecule has 0 N–H and O–H groups in total. The van der Waals surface area contributed by atoms with Crippen molar-refractivity contribution in [3.63, 3.8) is 0 Å². The number of fused-ring (bicyclic) bond motifs is 1. The van der Waals surface area contributed by atoms with Gasteiger partial charge in [0.1, 0.15) is 0 Å². The number of imide groups is 1. The number of hydrogen-bond donors (Lipinski definition) is 0. The predicted octanol–water partition coefficient (Wildman–Crippen LogP) is 2.61. The van der Waals surface area contributed by atoms with E-state index in [2.05, 4.69) is 0 Å². The number of amides is 2. The Morgan fingerprint density at radius 2 is 1.59 bits per heavy atom. The fraction of sp³-hybridized carbons (Fsp3) is 0.455. The third-order valence-corrected chi connectivity index (χ3v) is 5.53. The van der Waals surface area contributed by atoms with Crippen molar-refractivity contribution >= 4 is 23.8 Å². The van der Waals surface area contributed by atoms with E-state index in [1.54, 1.807) is 57.2 Å². The van der Waals surface area contributed by atoms with Gasteiger partial charge < -0.3 is 9.47 Å². The van der Waals surface area contributed by atoms with Crippen LogP contribution in [0.4, 0.5) is 0 Å². The van der Waals surface area contributed by atoms with E-state index in [0.29, 0.717) is 17.5 Å². The van der Waals surface area contributed by atoms with Crippen LogP contribution in [0.2, 0.25) is 0 Å². The van der Waals surface area contributed by atoms with Crippen molar-refractivity contribution < 1.29 is 28.7 Å². The van der Waals surface area contributed by atoms with Crippen molar-refractivity contribution in [2.24, 2.45) is 17.8 Å². The van der Waals surface area contributed by atoms with Gasteiger partial charge in [0.2, 0.25) is 0 Å². The number of benzene rings is 1. The van der Waals surface area contributed by atoms with Crippen LogP contribution in [-0.2, 0) is 19.1 Å². The Hall–Kier alpha value is -2.96. The molecule has 2 amide bonds. The highest BCUT2D eigenvalue weighted by Gasteiger charge is 2.48. The molecule has 1 aliphatic carbocycles. The lowest BCUT2D eigenvalue weighted by molar-refractivity contribution is -0.163. The molecule has 29 heavy (non-hydrogen) atoms. The minimum atomic E-state index is -0.835. The van der Waals surface area contributed by atoms with Gasteiger partial charge in [0.25, 0.3) is 11.8 Å². The molecule has 7 heteroatoms. The van der Waals surface area contributed by atoms with E-state index in [4.69, 9.17) is 9.47 Å². The van der Waals surface area contributed by atoms with Crippen LogP contribution in [0.25, 0.3) is 0 Å². The molecule has 0 fully saturated rings. The molecule has 7 nitrogen and oxygen atoms in total. The number of esters is 2. The standard InChI is InChI=1S/C22H25NO6/c1-4-28-21(26)17-12-8-11-14(18(17)22(27)29-5-2)13(3)23-19(24)15-9-6-7-10-16(15)20(23)25/h6-11,13-14,17-18H,4-5,12H2,1-3H3. The molecule has 0 spiro atoms. The first-order chi connectivity index (χ1) is 13.9. The maximum atomic E-state index is 12.9. The fourth-order valence-corrected chi connectivity index (χ4v) is 4.18. The van der Waals surface area contributed by atoms with Gasteiger partial charge in [-0.05, 0) is 39.3 Å². The summed E-state index contributed by atoms with van der Waals surface area (Å²) < 4.78 is 10.4. The summed E-state index contributed by atoms with van der Waals surface area (Å²) in [5.74, 6) is -3.91. The lowest BCUT2D eigenvalue weighted by atomic mass is 9.72. The molecule has 0 saturated carbocycles. The Bertz CT molecular complexity index is 826. The SMILES string of the molecule is CCOC(=O)C1CC=CC(C(C)N2C(=O)c3ccccc3C2=O)C1C(=O)OCC. The molecule has 0 radical (unpaired) electrons. The van der Waals surface area contributed by atoms with E-state index in [1.807, 2.05) is 0 Å². The molecule has 4 atom stereocenters. The van der Waals surface area contributed by atoms with E-state index >= 15 is 0 Å². The van der Waals surface area contributed by atoms with E-state index < -0.39 is 47.5 Å². The Balaban J connectivity index is 1.94. The van der Waals surface area contributed by atoms with Gasteiger partial charge in [-0.3, -0.25) is 24.1 Å². The van der Waals surface area contributed by atoms with Crippen LogP contribution in [0.1, 0.15) is 47.9 Å². The first kappa shape index (κ1) is 20.8. The number of rotatable bonds is 6. The second-order valence-electron chi connectivity index (χ2n) is 7.14. The van der Waals surface area contributed by atoms with Crippen LogP contribution < -0.4 is 0 Å². The number of carbonyl (C=O) groups is 4. The largest absolute Gasteiger partial charge is 0.466 e. The van der Waals surface area contributed by atoms with E-state index in [0.717, 1.165) is 0 Å². The summed E-state index contributed by atoms with van der Waals surface area (Å²) in [7, 11) is 0. The molecule has 1 aromatic carbocycles. The molecule has 3 rings (SSSR count). The Kier molecular flexibility index (Phi) is 6.15. The summed E-state index contributed by atoms with van der Waals surface area (Å²) in [4.78, 5) is 52.2. The van der Waals surface area contributed by atoms with Gasteiger partial charge >= 0.3 is 11.9 Å². The summed E-state index contributed by atoms with van der Waals surface area (Å²) in [5, 5.41) is 0. The molecule has 4 unspecified atom stereocenters. The maximum absolute atomic E-state index is 12.9. The van der Waals surface area contributed by atoms with Crippen molar-refractivity contribution in [3.05, 3.63) is 47.5 Å². The molecule has 1 aromatic rings. The number of hydrogen-bond acceptors (Lipinski definition) is 6. The van der Waals surface area contributed by atoms with Gasteiger partial charge in [-0.15, -0.1) is 0 Å². The van der Waals surface area contributed by atoms with Crippen LogP contribution >= 0.6 is 0 Å². The quantitative estimate of drug-likeness (QED) is 0.415. The lowest BCUT2D eigenvalue weighted by Crippen LogP contribution is -2.49. The van der Waals surface area contributed by atoms with Crippen molar-refractivity contribution in [1.82, 2.24) is 4.90 Å². The summed E-state index contributed by atoms with van der Waals surface area (Å²) in [6, 6.07) is 6.01. The Morgan fingerprint density at radius 1 is 1.03 bits per heavy atom. The highest BCUT2D eigenvalue weighted by Crippen LogP contribution is 2.38. The summed E-state index contributed by atoms with van der Waals surface area (Å²) in [6.07, 6.45) is 3.94. The average molecular weight is 399 g/mol. The highest BCUT2D eigenvalue weighted by atomic mass is 16.5. The van der Waals surface area contributed by atoms with Crippen LogP contribution in [0.5, 0.6) is 0 Å². The zero-order chi connectivity index (χ0) is 21.1. The third-order valence-electron chi connectivity index (χ3n) is 5.53. The molecular formula is C22H25NO6. The number of ether oxygens (including phenoxy) is 2. The minimum absolute atomic E-state index is 0.169. The molecule has 2 aliphatic rings. The maximum Gasteiger partial charge on any atom is 0.310 e. The number of allylic oxidation sites excluding steroid dienone is 1. The van der Waals surface area contributed by atoms with E-state index in [1.165, 1.54) is 4.90 Å². The van der Waals surface area contributed by atoms with Crippen molar-refractivity contribution in [2.45, 2.75) is 33.2 Å². The van der Waals surface area contributed by atoms with Crippen LogP contribution in [0.3, 0.4) is 0 Å². The third kappa shape index (κ3) is 3.69. The molecule has 1 heterocycles. The van der Waals surface area contributed by atoms with Gasteiger partial charge in [0.15, 0.2) is 0 Å². The van der Waals surface area contributed by atoms with Crippen LogP contribution in [-0.4, -0.2) is 47.9 Å². The Morgan fingerprint density at radius 3 is 2.14 bits per heavy atom. The second kappa shape index (κ2) is 8.59. The number of nitrogens with zero attached hydrogens (tertiary/aromatic N) is 1. The topological polar surface area (TPSA) is 90.0 Å². The molecule has 154 valence electrons. The van der Waals surface area contributed by atoms with Gasteiger partial charge in [0.05, 0.1) is 36.2 Å². The first-order valence-corrected chi connectivity index (χ1v) is 9.89. The molecule has 1 aliphatic heterocycles.